The number of nitrogens with zero attached hydrogens (tertiary/aromatic N) is 2. The van der Waals surface area contributed by atoms with Crippen LogP contribution in [0.4, 0.5) is 34.9 Å². The van der Waals surface area contributed by atoms with Crippen molar-refractivity contribution in [3.8, 4) is 0 Å². The summed E-state index contributed by atoms with van der Waals surface area (Å²) < 4.78 is 58.8. The number of aryl methyl sites for hydroxylation is 1. The number of nitrogen functional groups attached to an aromatic ring is 1. The highest BCUT2D eigenvalue weighted by Crippen LogP contribution is 2.33. The van der Waals surface area contributed by atoms with E-state index in [1.807, 2.05) is 0 Å². The summed E-state index contributed by atoms with van der Waals surface area (Å²) >= 11 is 0. The lowest BCUT2D eigenvalue weighted by Gasteiger charge is -2.11. The molecule has 0 fully saturated rings. The molecule has 0 aliphatic heterocycles. The number of fused-ring (bicyclic) bond motifs is 1. The van der Waals surface area contributed by atoms with E-state index in [0.29, 0.717) is 35.0 Å². The third-order valence-corrected chi connectivity index (χ3v) is 5.29. The molecule has 2 aromatic heterocycles. The Hall–Kier alpha value is -4.48. The average Bonchev–Trinajstić information content (AvgIpc) is 3.13. The van der Waals surface area contributed by atoms with Crippen LogP contribution in [-0.4, -0.2) is 28.6 Å². The SMILES string of the molecule is CNc1ncnc(N)c1C(=N)c1ccc2c(C(=O)Nc3cc(C(F)(F)F)ccc3F)c(C)oc2c1. The number of hydrogen-bond donors (Lipinski definition) is 4. The lowest BCUT2D eigenvalue weighted by Crippen LogP contribution is -2.15. The molecule has 2 heterocycles. The van der Waals surface area contributed by atoms with Crippen LogP contribution in [-0.2, 0) is 6.18 Å². The van der Waals surface area contributed by atoms with Crippen molar-refractivity contribution in [2.24, 2.45) is 0 Å². The van der Waals surface area contributed by atoms with E-state index >= 15 is 0 Å². The maximum absolute atomic E-state index is 14.1. The fraction of sp³-hybridized carbons (Fsp3) is 0.130. The standard InChI is InChI=1S/C23H18F4N6O2/c1-10-17(22(34)33-15-8-12(23(25,26)27)4-6-14(15)24)13-5-3-11(7-16(13)35-10)19(28)18-20(29)31-9-32-21(18)30-2/h3-9,28H,1-2H3,(H,33,34)(H3,29,30,31,32). The molecule has 2 aromatic carbocycles. The zero-order valence-corrected chi connectivity index (χ0v) is 18.3. The van der Waals surface area contributed by atoms with Crippen LogP contribution in [0.15, 0.2) is 47.1 Å². The Bertz CT molecular complexity index is 1480. The van der Waals surface area contributed by atoms with Crippen molar-refractivity contribution >= 4 is 39.9 Å². The second-order valence-electron chi connectivity index (χ2n) is 7.50. The van der Waals surface area contributed by atoms with Gasteiger partial charge in [-0.3, -0.25) is 10.2 Å². The number of carbonyl (C=O) groups excluding carboxylic acids is 1. The van der Waals surface area contributed by atoms with Gasteiger partial charge in [0.1, 0.15) is 35.1 Å². The molecule has 0 spiro atoms. The molecule has 4 aromatic rings. The van der Waals surface area contributed by atoms with Gasteiger partial charge < -0.3 is 20.8 Å². The van der Waals surface area contributed by atoms with Gasteiger partial charge in [-0.2, -0.15) is 13.2 Å². The smallest absolute Gasteiger partial charge is 0.416 e. The number of nitrogens with two attached hydrogens (primary N) is 1. The highest BCUT2D eigenvalue weighted by atomic mass is 19.4. The molecule has 0 aliphatic rings. The van der Waals surface area contributed by atoms with Gasteiger partial charge >= 0.3 is 6.18 Å². The molecular formula is C23H18F4N6O2. The molecule has 8 nitrogen and oxygen atoms in total. The molecule has 1 amide bonds. The summed E-state index contributed by atoms with van der Waals surface area (Å²) in [6.07, 6.45) is -3.44. The van der Waals surface area contributed by atoms with E-state index in [1.165, 1.54) is 25.4 Å². The number of carbonyl (C=O) groups is 1. The predicted octanol–water partition coefficient (Wildman–Crippen LogP) is 4.98. The molecule has 180 valence electrons. The number of nitrogens with one attached hydrogen (secondary N) is 3. The second-order valence-corrected chi connectivity index (χ2v) is 7.50. The molecule has 0 aliphatic carbocycles. The third kappa shape index (κ3) is 4.37. The monoisotopic (exact) mass is 486 g/mol. The van der Waals surface area contributed by atoms with Crippen molar-refractivity contribution in [1.82, 2.24) is 9.97 Å². The third-order valence-electron chi connectivity index (χ3n) is 5.29. The Balaban J connectivity index is 1.70. The van der Waals surface area contributed by atoms with Crippen LogP contribution in [0.2, 0.25) is 0 Å². The van der Waals surface area contributed by atoms with Gasteiger partial charge in [0.25, 0.3) is 5.91 Å². The summed E-state index contributed by atoms with van der Waals surface area (Å²) in [5, 5.41) is 13.9. The van der Waals surface area contributed by atoms with E-state index < -0.39 is 29.2 Å². The number of amides is 1. The number of alkyl halides is 3. The van der Waals surface area contributed by atoms with E-state index in [2.05, 4.69) is 20.6 Å². The molecule has 12 heteroatoms. The predicted molar refractivity (Wildman–Crippen MR) is 122 cm³/mol. The summed E-state index contributed by atoms with van der Waals surface area (Å²) in [7, 11) is 1.62. The van der Waals surface area contributed by atoms with Crippen LogP contribution < -0.4 is 16.4 Å². The van der Waals surface area contributed by atoms with Crippen molar-refractivity contribution in [2.45, 2.75) is 13.1 Å². The highest BCUT2D eigenvalue weighted by Gasteiger charge is 2.31. The Kier molecular flexibility index (Phi) is 5.89. The molecule has 35 heavy (non-hydrogen) atoms. The number of furan rings is 1. The first-order valence-electron chi connectivity index (χ1n) is 10.1. The van der Waals surface area contributed by atoms with Gasteiger partial charge in [0.05, 0.1) is 28.1 Å². The first-order chi connectivity index (χ1) is 16.5. The molecule has 4 rings (SSSR count). The molecule has 0 unspecified atom stereocenters. The topological polar surface area (TPSA) is 130 Å². The van der Waals surface area contributed by atoms with Crippen LogP contribution in [0.3, 0.4) is 0 Å². The van der Waals surface area contributed by atoms with Gasteiger partial charge in [0, 0.05) is 18.0 Å². The number of hydrogen-bond acceptors (Lipinski definition) is 7. The zero-order chi connectivity index (χ0) is 25.5. The van der Waals surface area contributed by atoms with Crippen LogP contribution >= 0.6 is 0 Å². The van der Waals surface area contributed by atoms with Gasteiger partial charge in [-0.15, -0.1) is 0 Å². The van der Waals surface area contributed by atoms with Gasteiger partial charge in [-0.1, -0.05) is 6.07 Å². The van der Waals surface area contributed by atoms with Crippen molar-refractivity contribution in [2.75, 3.05) is 23.4 Å². The van der Waals surface area contributed by atoms with E-state index in [9.17, 15) is 22.4 Å². The lowest BCUT2D eigenvalue weighted by atomic mass is 10.0. The number of halogens is 4. The van der Waals surface area contributed by atoms with Crippen molar-refractivity contribution in [3.05, 3.63) is 76.6 Å². The minimum absolute atomic E-state index is 0.000409. The van der Waals surface area contributed by atoms with Crippen LogP contribution in [0.25, 0.3) is 11.0 Å². The number of anilines is 3. The Labute approximate surface area is 195 Å². The summed E-state index contributed by atoms with van der Waals surface area (Å²) in [6.45, 7) is 1.49. The molecule has 5 N–H and O–H groups in total. The zero-order valence-electron chi connectivity index (χ0n) is 18.3. The number of rotatable bonds is 5. The van der Waals surface area contributed by atoms with Gasteiger partial charge in [0.2, 0.25) is 0 Å². The molecule has 0 atom stereocenters. The van der Waals surface area contributed by atoms with Gasteiger partial charge in [-0.25, -0.2) is 14.4 Å². The molecule has 0 radical (unpaired) electrons. The van der Waals surface area contributed by atoms with Crippen LogP contribution in [0.1, 0.15) is 32.8 Å². The fourth-order valence-corrected chi connectivity index (χ4v) is 3.62. The fourth-order valence-electron chi connectivity index (χ4n) is 3.62. The lowest BCUT2D eigenvalue weighted by molar-refractivity contribution is -0.137. The Morgan fingerprint density at radius 3 is 2.54 bits per heavy atom. The molecule has 0 bridgehead atoms. The minimum atomic E-state index is -4.70. The number of aromatic nitrogens is 2. The molecular weight excluding hydrogens is 468 g/mol. The van der Waals surface area contributed by atoms with Crippen molar-refractivity contribution in [1.29, 1.82) is 5.41 Å². The number of benzene rings is 2. The quantitative estimate of drug-likeness (QED) is 0.233. The van der Waals surface area contributed by atoms with E-state index in [0.717, 1.165) is 0 Å². The minimum Gasteiger partial charge on any atom is -0.460 e. The summed E-state index contributed by atoms with van der Waals surface area (Å²) in [4.78, 5) is 20.9. The summed E-state index contributed by atoms with van der Waals surface area (Å²) in [5.74, 6) is -1.27. The van der Waals surface area contributed by atoms with Crippen LogP contribution in [0.5, 0.6) is 0 Å². The Morgan fingerprint density at radius 2 is 1.86 bits per heavy atom. The molecule has 0 saturated heterocycles. The van der Waals surface area contributed by atoms with E-state index in [-0.39, 0.29) is 34.0 Å². The second kappa shape index (κ2) is 8.70. The maximum Gasteiger partial charge on any atom is 0.416 e. The average molecular weight is 486 g/mol. The van der Waals surface area contributed by atoms with Crippen molar-refractivity contribution in [3.63, 3.8) is 0 Å². The largest absolute Gasteiger partial charge is 0.460 e. The maximum atomic E-state index is 14.1. The van der Waals surface area contributed by atoms with Crippen LogP contribution in [0, 0.1) is 18.2 Å². The summed E-state index contributed by atoms with van der Waals surface area (Å²) in [5.41, 5.74) is 5.14. The Morgan fingerprint density at radius 1 is 1.11 bits per heavy atom. The molecule has 0 saturated carbocycles. The first-order valence-corrected chi connectivity index (χ1v) is 10.1. The van der Waals surface area contributed by atoms with Gasteiger partial charge in [-0.05, 0) is 37.3 Å². The van der Waals surface area contributed by atoms with Gasteiger partial charge in [0.15, 0.2) is 0 Å². The first kappa shape index (κ1) is 23.7. The summed E-state index contributed by atoms with van der Waals surface area (Å²) in [6, 6.07) is 6.33. The van der Waals surface area contributed by atoms with Crippen molar-refractivity contribution < 1.29 is 26.8 Å². The van der Waals surface area contributed by atoms with E-state index in [4.69, 9.17) is 15.6 Å². The van der Waals surface area contributed by atoms with E-state index in [1.54, 1.807) is 13.1 Å². The normalized spacial score (nSPS) is 11.5. The highest BCUT2D eigenvalue weighted by molar-refractivity contribution is 6.18.